The molecule has 0 aromatic heterocycles. The molecular weight excluding hydrogens is 1770 g/mol. The second-order valence-electron chi connectivity index (χ2n) is 34.1. The molecule has 9 aliphatic rings. The van der Waals surface area contributed by atoms with Crippen molar-refractivity contribution >= 4 is 76.4 Å². The Morgan fingerprint density at radius 3 is 1.80 bits per heavy atom. The lowest BCUT2D eigenvalue weighted by Gasteiger charge is -2.44. The quantitative estimate of drug-likeness (QED) is 0.0517. The van der Waals surface area contributed by atoms with Gasteiger partial charge < -0.3 is 158 Å². The van der Waals surface area contributed by atoms with Crippen LogP contribution in [-0.4, -0.2) is 241 Å². The van der Waals surface area contributed by atoms with E-state index in [1.54, 1.807) is 0 Å². The minimum Gasteiger partial charge on any atom is -0.508 e. The summed E-state index contributed by atoms with van der Waals surface area (Å²) < 4.78 is 46.3. The van der Waals surface area contributed by atoms with E-state index in [0.29, 0.717) is 18.8 Å². The number of carbonyl (C=O) groups excluding carboxylic acids is 8. The van der Waals surface area contributed by atoms with Crippen LogP contribution in [0.1, 0.15) is 147 Å². The third-order valence-corrected chi connectivity index (χ3v) is 25.0. The van der Waals surface area contributed by atoms with E-state index < -0.39 is 322 Å². The monoisotopic (exact) mass is 1870 g/mol. The summed E-state index contributed by atoms with van der Waals surface area (Å²) in [6, 6.07) is 1.85. The molecule has 23 atom stereocenters. The Balaban J connectivity index is 1.04. The topological polar surface area (TPSA) is 644 Å². The number of aliphatic carboxylic acids is 1. The number of fused-ring (bicyclic) bond motifs is 13. The number of hydrogen-bond acceptors (Lipinski definition) is 31. The Labute approximate surface area is 762 Å². The second kappa shape index (κ2) is 40.6. The molecule has 0 radical (unpaired) electrons. The number of aliphatic hydroxyl groups excluding tert-OH is 10. The van der Waals surface area contributed by atoms with E-state index >= 15 is 24.0 Å². The van der Waals surface area contributed by atoms with Gasteiger partial charge in [-0.15, -0.1) is 0 Å². The molecule has 132 heavy (non-hydrogen) atoms. The Hall–Kier alpha value is -12.0. The predicted octanol–water partition coefficient (Wildman–Crippen LogP) is 2.35. The lowest BCUT2D eigenvalue weighted by molar-refractivity contribution is -0.284. The van der Waals surface area contributed by atoms with Crippen molar-refractivity contribution in [1.82, 2.24) is 42.5 Å². The summed E-state index contributed by atoms with van der Waals surface area (Å²) in [5.41, 5.74) is 3.06. The number of amides is 8. The molecule has 3 unspecified atom stereocenters. The fourth-order valence-corrected chi connectivity index (χ4v) is 17.9. The molecule has 7 aromatic carbocycles. The number of para-hydroxylation sites is 1. The number of unbranched alkanes of at least 4 members (excludes halogenated alkanes) is 3. The van der Waals surface area contributed by atoms with Crippen LogP contribution in [0.3, 0.4) is 0 Å². The number of hydrogen-bond donors (Lipinski definition) is 24. The summed E-state index contributed by atoms with van der Waals surface area (Å²) in [7, 11) is 0. The number of aromatic hydroxyl groups is 4. The number of rotatable bonds is 19. The Morgan fingerprint density at radius 2 is 1.15 bits per heavy atom. The first kappa shape index (κ1) is 96.1. The molecule has 706 valence electrons. The van der Waals surface area contributed by atoms with E-state index in [2.05, 4.69) is 56.4 Å². The van der Waals surface area contributed by atoms with Gasteiger partial charge in [-0.2, -0.15) is 0 Å². The fourth-order valence-electron chi connectivity index (χ4n) is 17.5. The van der Waals surface area contributed by atoms with Crippen LogP contribution in [0.25, 0.3) is 11.1 Å². The zero-order valence-electron chi connectivity index (χ0n) is 70.9. The molecule has 25 N–H and O–H groups in total. The molecule has 16 rings (SSSR count). The minimum absolute atomic E-state index is 0.0839. The highest BCUT2D eigenvalue weighted by atomic mass is 35.5. The number of carboxylic acids is 1. The van der Waals surface area contributed by atoms with Crippen LogP contribution in [0.5, 0.6) is 69.0 Å². The van der Waals surface area contributed by atoms with E-state index in [9.17, 15) is 95.8 Å². The third kappa shape index (κ3) is 20.6. The van der Waals surface area contributed by atoms with Crippen molar-refractivity contribution in [2.24, 2.45) is 23.5 Å². The van der Waals surface area contributed by atoms with Crippen LogP contribution in [0.4, 0.5) is 0 Å². The summed E-state index contributed by atoms with van der Waals surface area (Å²) in [5, 5.41) is 192. The molecular formula is C90H101Cl2N9O31. The van der Waals surface area contributed by atoms with E-state index in [1.165, 1.54) is 36.4 Å². The Morgan fingerprint density at radius 1 is 0.538 bits per heavy atom. The lowest BCUT2D eigenvalue weighted by atomic mass is 9.79. The van der Waals surface area contributed by atoms with E-state index in [4.69, 9.17) is 62.1 Å². The van der Waals surface area contributed by atoms with Crippen molar-refractivity contribution in [3.63, 3.8) is 0 Å². The Kier molecular flexibility index (Phi) is 29.6. The van der Waals surface area contributed by atoms with Crippen LogP contribution < -0.4 is 72.0 Å². The number of phenols is 4. The minimum atomic E-state index is -2.56. The first-order valence-corrected chi connectivity index (χ1v) is 43.4. The average molecular weight is 1880 g/mol. The second-order valence-corrected chi connectivity index (χ2v) is 34.9. The maximum atomic E-state index is 17.1. The lowest BCUT2D eigenvalue weighted by Crippen LogP contribution is -2.65. The van der Waals surface area contributed by atoms with Crippen molar-refractivity contribution in [2.45, 2.75) is 206 Å². The molecule has 15 bridgehead atoms. The smallest absolute Gasteiger partial charge is 0.330 e. The summed E-state index contributed by atoms with van der Waals surface area (Å²) in [5.74, 6) is -20.8. The average Bonchev–Trinajstić information content (AvgIpc) is 0.763. The molecule has 42 heteroatoms. The van der Waals surface area contributed by atoms with Gasteiger partial charge in [0.25, 0.3) is 0 Å². The summed E-state index contributed by atoms with van der Waals surface area (Å²) in [4.78, 5) is 139. The van der Waals surface area contributed by atoms with Crippen molar-refractivity contribution in [3.05, 3.63) is 164 Å². The van der Waals surface area contributed by atoms with Gasteiger partial charge in [0.1, 0.15) is 137 Å². The molecule has 7 aromatic rings. The van der Waals surface area contributed by atoms with Gasteiger partial charge in [0, 0.05) is 79.2 Å². The Bertz CT molecular complexity index is 5560. The van der Waals surface area contributed by atoms with Gasteiger partial charge in [0.05, 0.1) is 34.9 Å². The number of benzene rings is 7. The highest BCUT2D eigenvalue weighted by molar-refractivity contribution is 6.32. The third-order valence-electron chi connectivity index (χ3n) is 24.4. The predicted molar refractivity (Wildman–Crippen MR) is 460 cm³/mol. The largest absolute Gasteiger partial charge is 0.508 e. The van der Waals surface area contributed by atoms with Crippen LogP contribution in [0.2, 0.25) is 10.0 Å². The maximum Gasteiger partial charge on any atom is 0.330 e. The van der Waals surface area contributed by atoms with Crippen LogP contribution in [0.15, 0.2) is 115 Å². The summed E-state index contributed by atoms with van der Waals surface area (Å²) in [6.07, 6.45) is -21.0. The number of nitrogens with one attached hydrogen (secondary N) is 8. The number of carboxylic acid groups (broad SMARTS) is 1. The van der Waals surface area contributed by atoms with Gasteiger partial charge in [0.15, 0.2) is 35.3 Å². The molecule has 7 aliphatic heterocycles. The van der Waals surface area contributed by atoms with Gasteiger partial charge in [-0.3, -0.25) is 38.4 Å². The van der Waals surface area contributed by atoms with Gasteiger partial charge >= 0.3 is 5.97 Å². The summed E-state index contributed by atoms with van der Waals surface area (Å²) in [6.45, 7) is 2.48. The molecule has 1 saturated heterocycles. The van der Waals surface area contributed by atoms with Crippen LogP contribution in [0, 0.1) is 17.8 Å². The van der Waals surface area contributed by atoms with E-state index in [-0.39, 0.29) is 45.2 Å². The molecule has 3 fully saturated rings. The zero-order valence-corrected chi connectivity index (χ0v) is 72.4. The first-order valence-electron chi connectivity index (χ1n) is 42.7. The number of nitrogens with two attached hydrogens (primary N) is 1. The van der Waals surface area contributed by atoms with E-state index in [1.807, 2.05) is 0 Å². The molecule has 8 amide bonds. The molecule has 2 saturated carbocycles. The highest BCUT2D eigenvalue weighted by Crippen LogP contribution is 2.52. The standard InChI is InChI=1S/C90H101Cl2N9O31/c1-35(2)9-6-4-5-7-12-63(110)96-70-58(27-42(32-102)73(111)77(70)115)130-82-60-25-41-26-61(82)128-56-18-15-39(24-51(56)92)80(132-90-71(94-36(3)105)78(116)76(114)62(34-104)131-90)72-88(123)100-69(89(124)125)49-30-45(107)31-57(129-59-28-43(33-103)74(112)79(117)75(59)113)64(49)48-23-38(14-16-53(48)108)66(85(120)101-72)98-87(122)68(41)99-86(121)67-40-21-44(106)29-46(22-40)126-81-47(10-8-11-54(81)109)65(93)84(119)95-52(83(118)97-67)20-37-13-17-55(127-60)50(91)19-37/h8,10-11,13-19,21-26,29-31,35,42-43,52,58-59,62,65-80,90,102-104,106-109,111-117H,4-7,9,12,20,27-28,32-34,93H2,1-3H3,(H,94,105)(H,95,119)(H,96,110)(H,97,118)(H,98,122)(H,99,121)(H,100,123)(H,101,120)(H,124,125)/t42-,43-,52-,58-,59-,62-,65-,66-,67+,68-,69+,70+,71-,72+,73?,74?,75-,76?,77-,78-,79+,80-,90+/m1/s1. The number of halogens is 2. The molecule has 2 aliphatic carbocycles. The van der Waals surface area contributed by atoms with Crippen molar-refractivity contribution in [3.8, 4) is 80.1 Å². The highest BCUT2D eigenvalue weighted by Gasteiger charge is 2.52. The maximum absolute atomic E-state index is 17.1. The fraction of sp³-hybridized carbons (Fsp3) is 0.433. The van der Waals surface area contributed by atoms with Gasteiger partial charge in [-0.1, -0.05) is 93.1 Å². The molecule has 0 spiro atoms. The van der Waals surface area contributed by atoms with E-state index in [0.717, 1.165) is 105 Å². The number of phenolic OH excluding ortho intramolecular Hbond substituents is 4. The van der Waals surface area contributed by atoms with Gasteiger partial charge in [0.2, 0.25) is 53.0 Å². The molecule has 40 nitrogen and oxygen atoms in total. The molecule has 7 heterocycles. The first-order chi connectivity index (χ1) is 62.9. The number of ether oxygens (including phenoxy) is 7. The zero-order chi connectivity index (χ0) is 94.9. The summed E-state index contributed by atoms with van der Waals surface area (Å²) >= 11 is 14.8. The van der Waals surface area contributed by atoms with Gasteiger partial charge in [-0.05, 0) is 126 Å². The van der Waals surface area contributed by atoms with Crippen LogP contribution in [-0.2, 0) is 59.0 Å². The SMILES string of the molecule is CC(=O)N[C@H]1[C@H](O[C@@H]2c3ccc(c(Cl)c3)Oc3cc4cc(c3O[C@@H]3C[C@H](CO)C(O)[C@H](O)[C@H]3NC(=O)CCCCCCC(C)C)Oc3ccc(cc3Cl)C[C@H]3NC(=O)[C@H](N)c5cccc(O)c5Oc5cc(O)cc(c5)[C@H](NC3=O)C(=O)N[C@H]4C(=O)N[C@H]3C(=O)N[C@@H]2C(=O)N[C@H](C(=O)O)c2cc(O)cc(O[C@@H]4C[C@H](CO)C(O)[C@H](O)[C@@H]4O)c2-c2cc3ccc2O)O[C@H](CO)C(O)[C@@H]1O. The normalized spacial score (nSPS) is 28.9. The number of carbonyl (C=O) groups is 9. The van der Waals surface area contributed by atoms with Gasteiger partial charge in [-0.25, -0.2) is 4.79 Å². The van der Waals surface area contributed by atoms with Crippen LogP contribution >= 0.6 is 23.2 Å². The van der Waals surface area contributed by atoms with Crippen molar-refractivity contribution < 1.29 is 153 Å². The van der Waals surface area contributed by atoms with Crippen molar-refractivity contribution in [2.75, 3.05) is 19.8 Å². The number of aliphatic hydroxyl groups is 10. The van der Waals surface area contributed by atoms with Crippen molar-refractivity contribution in [1.29, 1.82) is 0 Å².